The average molecular weight is 291 g/mol. The van der Waals surface area contributed by atoms with Crippen LogP contribution in [0.15, 0.2) is 18.2 Å². The number of nitrogens with one attached hydrogen (secondary N) is 1. The molecule has 1 aromatic carbocycles. The molecule has 21 heavy (non-hydrogen) atoms. The van der Waals surface area contributed by atoms with Crippen LogP contribution in [0.1, 0.15) is 52.5 Å². The van der Waals surface area contributed by atoms with Crippen LogP contribution in [0.5, 0.6) is 11.5 Å². The van der Waals surface area contributed by atoms with Crippen LogP contribution in [0.3, 0.4) is 0 Å². The second kappa shape index (κ2) is 5.88. The van der Waals surface area contributed by atoms with E-state index in [9.17, 15) is 5.11 Å². The first-order chi connectivity index (χ1) is 9.71. The van der Waals surface area contributed by atoms with Crippen LogP contribution in [0.4, 0.5) is 0 Å². The summed E-state index contributed by atoms with van der Waals surface area (Å²) in [6.45, 7) is 10.2. The third-order valence-corrected chi connectivity index (χ3v) is 4.39. The molecule has 0 atom stereocenters. The fraction of sp³-hybridized carbons (Fsp3) is 0.667. The molecule has 2 rings (SSSR count). The number of rotatable bonds is 4. The predicted octanol–water partition coefficient (Wildman–Crippen LogP) is 4.10. The molecule has 1 fully saturated rings. The zero-order chi connectivity index (χ0) is 15.7. The fourth-order valence-electron chi connectivity index (χ4n) is 4.10. The molecule has 0 heterocycles. The molecule has 3 nitrogen and oxygen atoms in total. The highest BCUT2D eigenvalue weighted by atomic mass is 16.5. The smallest absolute Gasteiger partial charge is 0.160 e. The minimum Gasteiger partial charge on any atom is -0.504 e. The number of phenols is 1. The van der Waals surface area contributed by atoms with Gasteiger partial charge in [0.1, 0.15) is 0 Å². The first-order valence-corrected chi connectivity index (χ1v) is 7.80. The molecule has 0 spiro atoms. The summed E-state index contributed by atoms with van der Waals surface area (Å²) in [6.07, 6.45) is 3.69. The highest BCUT2D eigenvalue weighted by Gasteiger charge is 2.38. The van der Waals surface area contributed by atoms with Crippen molar-refractivity contribution < 1.29 is 9.84 Å². The lowest BCUT2D eigenvalue weighted by molar-refractivity contribution is 0.0845. The Hall–Kier alpha value is -1.22. The number of benzene rings is 1. The van der Waals surface area contributed by atoms with Gasteiger partial charge < -0.3 is 15.2 Å². The summed E-state index contributed by atoms with van der Waals surface area (Å²) in [5.41, 5.74) is 1.87. The van der Waals surface area contributed by atoms with E-state index < -0.39 is 0 Å². The number of hydrogen-bond donors (Lipinski definition) is 2. The van der Waals surface area contributed by atoms with Gasteiger partial charge in [0.2, 0.25) is 0 Å². The van der Waals surface area contributed by atoms with Gasteiger partial charge in [0, 0.05) is 12.6 Å². The largest absolute Gasteiger partial charge is 0.504 e. The number of ether oxygens (including phenoxy) is 1. The van der Waals surface area contributed by atoms with Gasteiger partial charge in [0.15, 0.2) is 11.5 Å². The molecule has 2 N–H and O–H groups in total. The molecule has 0 radical (unpaired) electrons. The van der Waals surface area contributed by atoms with E-state index in [1.807, 2.05) is 12.1 Å². The Morgan fingerprint density at radius 1 is 1.19 bits per heavy atom. The Labute approximate surface area is 128 Å². The van der Waals surface area contributed by atoms with Crippen LogP contribution >= 0.6 is 0 Å². The van der Waals surface area contributed by atoms with Gasteiger partial charge in [-0.25, -0.2) is 0 Å². The minimum absolute atomic E-state index is 0.209. The number of phenolic OH excluding ortho intramolecular Hbond substituents is 1. The van der Waals surface area contributed by atoms with Gasteiger partial charge in [-0.3, -0.25) is 0 Å². The highest BCUT2D eigenvalue weighted by Crippen LogP contribution is 2.45. The molecule has 0 amide bonds. The van der Waals surface area contributed by atoms with Crippen LogP contribution in [0, 0.1) is 10.8 Å². The zero-order valence-electron chi connectivity index (χ0n) is 14.0. The summed E-state index contributed by atoms with van der Waals surface area (Å²) >= 11 is 0. The van der Waals surface area contributed by atoms with Crippen LogP contribution in [0.2, 0.25) is 0 Å². The first kappa shape index (κ1) is 16.2. The van der Waals surface area contributed by atoms with E-state index in [1.165, 1.54) is 19.3 Å². The standard InChI is InChI=1S/C18H29NO2/c1-17(2)9-14(10-18(3,4)12-17)19-11-13-6-7-16(21-5)15(20)8-13/h6-8,14,19-20H,9-12H2,1-5H3. The SMILES string of the molecule is COc1ccc(CNC2CC(C)(C)CC(C)(C)C2)cc1O. The predicted molar refractivity (Wildman–Crippen MR) is 86.7 cm³/mol. The van der Waals surface area contributed by atoms with Crippen molar-refractivity contribution in [1.29, 1.82) is 0 Å². The third kappa shape index (κ3) is 4.37. The maximum atomic E-state index is 9.84. The van der Waals surface area contributed by atoms with Gasteiger partial charge in [-0.15, -0.1) is 0 Å². The molecular weight excluding hydrogens is 262 g/mol. The van der Waals surface area contributed by atoms with Gasteiger partial charge in [-0.1, -0.05) is 33.8 Å². The number of aromatic hydroxyl groups is 1. The van der Waals surface area contributed by atoms with Gasteiger partial charge >= 0.3 is 0 Å². The second-order valence-corrected chi connectivity index (χ2v) is 8.00. The maximum Gasteiger partial charge on any atom is 0.160 e. The van der Waals surface area contributed by atoms with Crippen LogP contribution < -0.4 is 10.1 Å². The molecule has 0 bridgehead atoms. The van der Waals surface area contributed by atoms with Gasteiger partial charge in [0.25, 0.3) is 0 Å². The average Bonchev–Trinajstić information content (AvgIpc) is 2.33. The van der Waals surface area contributed by atoms with E-state index in [4.69, 9.17) is 4.74 Å². The summed E-state index contributed by atoms with van der Waals surface area (Å²) < 4.78 is 5.08. The Kier molecular flexibility index (Phi) is 4.52. The van der Waals surface area contributed by atoms with Crippen molar-refractivity contribution in [1.82, 2.24) is 5.32 Å². The van der Waals surface area contributed by atoms with Gasteiger partial charge in [-0.05, 0) is 47.8 Å². The Morgan fingerprint density at radius 3 is 2.33 bits per heavy atom. The van der Waals surface area contributed by atoms with Gasteiger partial charge in [-0.2, -0.15) is 0 Å². The first-order valence-electron chi connectivity index (χ1n) is 7.80. The molecule has 118 valence electrons. The van der Waals surface area contributed by atoms with E-state index in [2.05, 4.69) is 33.0 Å². The number of methoxy groups -OCH3 is 1. The lowest BCUT2D eigenvalue weighted by Gasteiger charge is -2.45. The van der Waals surface area contributed by atoms with Crippen molar-refractivity contribution in [3.63, 3.8) is 0 Å². The lowest BCUT2D eigenvalue weighted by Crippen LogP contribution is -2.43. The van der Waals surface area contributed by atoms with E-state index >= 15 is 0 Å². The molecule has 3 heteroatoms. The molecule has 0 aromatic heterocycles. The molecule has 0 unspecified atom stereocenters. The van der Waals surface area contributed by atoms with E-state index in [1.54, 1.807) is 13.2 Å². The topological polar surface area (TPSA) is 41.5 Å². The number of hydrogen-bond acceptors (Lipinski definition) is 3. The van der Waals surface area contributed by atoms with Crippen molar-refractivity contribution in [2.75, 3.05) is 7.11 Å². The lowest BCUT2D eigenvalue weighted by atomic mass is 9.63. The Bertz CT molecular complexity index is 478. The molecule has 1 aromatic rings. The second-order valence-electron chi connectivity index (χ2n) is 8.00. The van der Waals surface area contributed by atoms with E-state index in [-0.39, 0.29) is 5.75 Å². The van der Waals surface area contributed by atoms with Crippen LogP contribution in [-0.4, -0.2) is 18.3 Å². The van der Waals surface area contributed by atoms with Crippen molar-refractivity contribution in [3.05, 3.63) is 23.8 Å². The summed E-state index contributed by atoms with van der Waals surface area (Å²) in [5.74, 6) is 0.736. The summed E-state index contributed by atoms with van der Waals surface area (Å²) in [4.78, 5) is 0. The highest BCUT2D eigenvalue weighted by molar-refractivity contribution is 5.41. The van der Waals surface area contributed by atoms with Crippen molar-refractivity contribution in [2.45, 2.75) is 59.5 Å². The van der Waals surface area contributed by atoms with Crippen molar-refractivity contribution in [3.8, 4) is 11.5 Å². The van der Waals surface area contributed by atoms with Crippen LogP contribution in [0.25, 0.3) is 0 Å². The summed E-state index contributed by atoms with van der Waals surface area (Å²) in [7, 11) is 1.57. The van der Waals surface area contributed by atoms with E-state index in [0.29, 0.717) is 22.6 Å². The zero-order valence-corrected chi connectivity index (χ0v) is 14.0. The molecule has 1 aliphatic carbocycles. The van der Waals surface area contributed by atoms with Crippen molar-refractivity contribution in [2.24, 2.45) is 10.8 Å². The summed E-state index contributed by atoms with van der Waals surface area (Å²) in [6, 6.07) is 6.14. The Balaban J connectivity index is 1.98. The van der Waals surface area contributed by atoms with Crippen LogP contribution in [-0.2, 0) is 6.54 Å². The molecule has 1 aliphatic rings. The molecule has 0 aliphatic heterocycles. The monoisotopic (exact) mass is 291 g/mol. The van der Waals surface area contributed by atoms with E-state index in [0.717, 1.165) is 12.1 Å². The molecule has 0 saturated heterocycles. The van der Waals surface area contributed by atoms with Crippen molar-refractivity contribution >= 4 is 0 Å². The molecule has 1 saturated carbocycles. The quantitative estimate of drug-likeness (QED) is 0.877. The Morgan fingerprint density at radius 2 is 1.81 bits per heavy atom. The maximum absolute atomic E-state index is 9.84. The normalized spacial score (nSPS) is 21.2. The fourth-order valence-corrected chi connectivity index (χ4v) is 4.10. The third-order valence-electron chi connectivity index (χ3n) is 4.39. The molecular formula is C18H29NO2. The van der Waals surface area contributed by atoms with Gasteiger partial charge in [0.05, 0.1) is 7.11 Å². The minimum atomic E-state index is 0.209. The summed E-state index contributed by atoms with van der Waals surface area (Å²) in [5, 5.41) is 13.5.